The van der Waals surface area contributed by atoms with Crippen molar-refractivity contribution in [2.24, 2.45) is 0 Å². The molecular weight excluding hydrogens is 1790 g/mol. The summed E-state index contributed by atoms with van der Waals surface area (Å²) in [7, 11) is 0. The second kappa shape index (κ2) is 45.2. The van der Waals surface area contributed by atoms with Gasteiger partial charge in [-0.3, -0.25) is 28.8 Å². The van der Waals surface area contributed by atoms with E-state index in [0.29, 0.717) is 90.5 Å². The number of nitrogens with zero attached hydrogens (tertiary/aromatic N) is 6. The summed E-state index contributed by atoms with van der Waals surface area (Å²) in [6.07, 6.45) is 23.8. The van der Waals surface area contributed by atoms with Gasteiger partial charge >= 0.3 is 47.8 Å². The molecule has 1 spiro atoms. The maximum absolute atomic E-state index is 13.4. The van der Waals surface area contributed by atoms with Gasteiger partial charge < -0.3 is 81.3 Å². The third-order valence-corrected chi connectivity index (χ3v) is 29.2. The van der Waals surface area contributed by atoms with Gasteiger partial charge in [-0.25, -0.2) is 18.7 Å². The summed E-state index contributed by atoms with van der Waals surface area (Å²) in [6, 6.07) is 60.3. The average Bonchev–Trinajstić information content (AvgIpc) is 1.55. The number of aromatic carboxylic acids is 2. The Morgan fingerprint density at radius 2 is 0.716 bits per heavy atom. The molecule has 0 radical (unpaired) electrons. The number of piperidine rings is 6. The minimum absolute atomic E-state index is 0.123. The quantitative estimate of drug-likeness (QED) is 0.0228. The fourth-order valence-electron chi connectivity index (χ4n) is 22.7. The Balaban J connectivity index is 0.000000146. The van der Waals surface area contributed by atoms with Crippen molar-refractivity contribution in [3.8, 4) is 56.4 Å². The van der Waals surface area contributed by atoms with Gasteiger partial charge in [-0.15, -0.1) is 0 Å². The van der Waals surface area contributed by atoms with Crippen molar-refractivity contribution in [2.75, 3.05) is 98.5 Å². The molecule has 1 N–H and O–H groups in total. The highest BCUT2D eigenvalue weighted by Crippen LogP contribution is 2.58. The lowest BCUT2D eigenvalue weighted by molar-refractivity contribution is -0.255. The van der Waals surface area contributed by atoms with Gasteiger partial charge in [0.1, 0.15) is 47.3 Å². The molecule has 7 aromatic carbocycles. The van der Waals surface area contributed by atoms with Gasteiger partial charge in [0, 0.05) is 271 Å². The maximum Gasteiger partial charge on any atom is 0.340 e. The van der Waals surface area contributed by atoms with Gasteiger partial charge in [0.25, 0.3) is 0 Å². The highest BCUT2D eigenvalue weighted by atomic mass is 16.6. The van der Waals surface area contributed by atoms with Crippen molar-refractivity contribution in [2.45, 2.75) is 237 Å². The number of carbonyl (C=O) groups excluding carboxylic acids is 8. The third kappa shape index (κ3) is 22.5. The second-order valence-corrected chi connectivity index (χ2v) is 38.3. The predicted molar refractivity (Wildman–Crippen MR) is 536 cm³/mol. The molecule has 10 heterocycles. The van der Waals surface area contributed by atoms with E-state index < -0.39 is 17.5 Å². The van der Waals surface area contributed by atoms with E-state index in [1.807, 2.05) is 84.9 Å². The number of esters is 7. The highest BCUT2D eigenvalue weighted by molar-refractivity contribution is 6.09. The van der Waals surface area contributed by atoms with Crippen molar-refractivity contribution in [3.63, 3.8) is 0 Å². The molecule has 6 fully saturated rings. The molecule has 10 aliphatic heterocycles. The summed E-state index contributed by atoms with van der Waals surface area (Å²) >= 11 is 0. The first kappa shape index (κ1) is 98.7. The van der Waals surface area contributed by atoms with Crippen molar-refractivity contribution in [1.29, 1.82) is 0 Å². The summed E-state index contributed by atoms with van der Waals surface area (Å²) < 4.78 is 63.2. The zero-order valence-electron chi connectivity index (χ0n) is 81.5. The van der Waals surface area contributed by atoms with E-state index in [1.165, 1.54) is 41.5 Å². The Labute approximate surface area is 821 Å². The van der Waals surface area contributed by atoms with Crippen LogP contribution in [-0.2, 0) is 67.5 Å². The Morgan fingerprint density at radius 1 is 0.369 bits per heavy atom. The zero-order chi connectivity index (χ0) is 98.4. The van der Waals surface area contributed by atoms with Crippen molar-refractivity contribution >= 4 is 98.4 Å². The predicted octanol–water partition coefficient (Wildman–Crippen LogP) is 18.5. The number of anilines is 4. The lowest BCUT2D eigenvalue weighted by Crippen LogP contribution is -2.43. The number of carboxylic acids is 2. The number of carboxylic acid groups (broad SMARTS) is 2. The number of rotatable bonds is 26. The summed E-state index contributed by atoms with van der Waals surface area (Å²) in [5.74, 6) is -1.51. The number of hydrogen-bond acceptors (Lipinski definition) is 24. The lowest BCUT2D eigenvalue weighted by Gasteiger charge is -2.41. The van der Waals surface area contributed by atoms with Gasteiger partial charge in [0.2, 0.25) is 10.7 Å². The maximum atomic E-state index is 13.4. The van der Waals surface area contributed by atoms with Crippen LogP contribution >= 0.6 is 0 Å². The molecule has 6 saturated heterocycles. The van der Waals surface area contributed by atoms with Crippen LogP contribution in [0, 0.1) is 0 Å². The van der Waals surface area contributed by atoms with E-state index in [4.69, 9.17) is 46.7 Å². The van der Waals surface area contributed by atoms with Crippen LogP contribution in [0.25, 0.3) is 66.8 Å². The van der Waals surface area contributed by atoms with Gasteiger partial charge in [0.05, 0.1) is 68.9 Å². The monoisotopic (exact) mass is 1920 g/mol. The smallest absolute Gasteiger partial charge is 0.340 e. The summed E-state index contributed by atoms with van der Waals surface area (Å²) in [5.41, 5.74) is 12.1. The molecule has 738 valence electrons. The van der Waals surface area contributed by atoms with Gasteiger partial charge in [-0.05, 0) is 174 Å². The molecule has 0 bridgehead atoms. The minimum Gasteiger partial charge on any atom is -0.545 e. The first-order valence-corrected chi connectivity index (χ1v) is 50.5. The fourth-order valence-corrected chi connectivity index (χ4v) is 22.7. The fraction of sp³-hybridized carbons (Fsp3) is 0.430. The van der Waals surface area contributed by atoms with Crippen LogP contribution in [0.3, 0.4) is 0 Å². The lowest BCUT2D eigenvalue weighted by atomic mass is 9.77. The van der Waals surface area contributed by atoms with Crippen molar-refractivity contribution in [3.05, 3.63) is 226 Å². The topological polar surface area (TPSA) is 316 Å². The standard InChI is InChI=1S/3C38H42N2O7/c1-25(41)44-21-17-27-9-5-7-19-39(27)29-13-15-33-35(23-29)46-36-24-30(40-20-8-6-10-28(40)18-22-45-26(2)42)14-16-34(36)38(33)32-12-4-3-11-31(32)37(43)47-38;2*1-25(41)45-21-17-27-9-5-7-19-39(27)29-13-15-33-35(23-29)47-36-24-30(40-20-8-6-10-28(40)18-22-46-26(2)42)14-16-34(36)37(33)31-11-3-4-12-32(31)38(43)44/h3*3-4,11-16,23-24,27-28H,5-10,17-22H2,1-2H3/p+1. The molecule has 7 aromatic rings. The molecule has 19 rings (SSSR count). The van der Waals surface area contributed by atoms with Crippen LogP contribution in [0.4, 0.5) is 22.7 Å². The van der Waals surface area contributed by atoms with Crippen LogP contribution in [0.2, 0.25) is 0 Å². The SMILES string of the molecule is CC(=O)OCCC1CCCCN1c1ccc2c(-c3ccccc3C(=O)O)c3ccc(=[N+]4CCCCC4CCOC(C)=O)cc-3oc2c1.CC(=O)OCCC1CCCCN1c1ccc2c(-c3ccccc3C(=O)[O-])c3ccc(=[N+]4CCCCC4CCOC(C)=O)cc-3oc2c1.CC(=O)OCCC1CCCCN1c1ccc2c(c1)Oc1cc(N3CCCCC3CCOC(C)=O)ccc1C21OC(=O)c2ccccc21. The van der Waals surface area contributed by atoms with E-state index in [9.17, 15) is 53.4 Å². The van der Waals surface area contributed by atoms with Gasteiger partial charge in [-0.2, -0.15) is 0 Å². The molecule has 0 amide bonds. The van der Waals surface area contributed by atoms with Crippen LogP contribution in [0.5, 0.6) is 11.5 Å². The molecule has 0 saturated carbocycles. The van der Waals surface area contributed by atoms with Crippen LogP contribution in [-0.4, -0.2) is 174 Å². The van der Waals surface area contributed by atoms with E-state index in [0.717, 1.165) is 277 Å². The average molecular weight is 1920 g/mol. The third-order valence-electron chi connectivity index (χ3n) is 29.2. The Bertz CT molecular complexity index is 6220. The summed E-state index contributed by atoms with van der Waals surface area (Å²) in [5, 5.41) is 26.2. The van der Waals surface area contributed by atoms with Gasteiger partial charge in [0.15, 0.2) is 17.7 Å². The number of benzene rings is 9. The largest absolute Gasteiger partial charge is 0.545 e. The van der Waals surface area contributed by atoms with Crippen LogP contribution in [0.15, 0.2) is 191 Å². The number of ether oxygens (including phenoxy) is 8. The molecule has 12 aliphatic rings. The van der Waals surface area contributed by atoms with E-state index >= 15 is 0 Å². The molecule has 27 nitrogen and oxygen atoms in total. The van der Waals surface area contributed by atoms with E-state index in [-0.39, 0.29) is 89.2 Å². The molecular formula is C114H127N6O21+. The number of carbonyl (C=O) groups is 9. The van der Waals surface area contributed by atoms with Crippen LogP contribution in [0.1, 0.15) is 243 Å². The normalized spacial score (nSPS) is 20.6. The first-order valence-electron chi connectivity index (χ1n) is 50.5. The summed E-state index contributed by atoms with van der Waals surface area (Å²) in [4.78, 5) is 116. The highest BCUT2D eigenvalue weighted by Gasteiger charge is 2.54. The second-order valence-electron chi connectivity index (χ2n) is 38.3. The zero-order valence-corrected chi connectivity index (χ0v) is 81.5. The Morgan fingerprint density at radius 3 is 1.11 bits per heavy atom. The molecule has 27 heteroatoms. The first-order chi connectivity index (χ1) is 68.4. The van der Waals surface area contributed by atoms with E-state index in [1.54, 1.807) is 24.3 Å². The number of fused-ring (bicyclic) bond motifs is 10. The number of hydrogen-bond donors (Lipinski definition) is 1. The molecule has 0 aromatic heterocycles. The van der Waals surface area contributed by atoms with Crippen molar-refractivity contribution in [1.82, 2.24) is 9.15 Å². The summed E-state index contributed by atoms with van der Waals surface area (Å²) in [6.45, 7) is 16.3. The Hall–Kier alpha value is -13.9. The molecule has 141 heavy (non-hydrogen) atoms. The Kier molecular flexibility index (Phi) is 31.6. The van der Waals surface area contributed by atoms with E-state index in [2.05, 4.69) is 102 Å². The van der Waals surface area contributed by atoms with Crippen molar-refractivity contribution < 1.29 is 100 Å². The molecule has 6 atom stereocenters. The molecule has 2 aliphatic carbocycles. The minimum atomic E-state index is -1.23. The molecule has 6 unspecified atom stereocenters. The van der Waals surface area contributed by atoms with Crippen LogP contribution < -0.4 is 49.3 Å². The van der Waals surface area contributed by atoms with Gasteiger partial charge in [-0.1, -0.05) is 60.7 Å².